The zero-order chi connectivity index (χ0) is 73.5. The van der Waals surface area contributed by atoms with Gasteiger partial charge < -0.3 is 17.7 Å². The lowest BCUT2D eigenvalue weighted by molar-refractivity contribution is 0.668. The highest BCUT2D eigenvalue weighted by molar-refractivity contribution is 6.27. The minimum atomic E-state index is 0.891. The molecule has 0 fully saturated rings. The van der Waals surface area contributed by atoms with Gasteiger partial charge in [-0.1, -0.05) is 291 Å². The van der Waals surface area contributed by atoms with Crippen LogP contribution in [0.5, 0.6) is 0 Å². The molecule has 0 radical (unpaired) electrons. The predicted octanol–water partition coefficient (Wildman–Crippen LogP) is 31.2. The van der Waals surface area contributed by atoms with Crippen molar-refractivity contribution in [3.05, 3.63) is 388 Å². The van der Waals surface area contributed by atoms with Crippen LogP contribution >= 0.6 is 0 Å². The average molecular weight is 1430 g/mol. The quantitative estimate of drug-likeness (QED) is 0.142. The molecule has 24 aromatic rings. The lowest BCUT2D eigenvalue weighted by Gasteiger charge is -2.20. The molecule has 4 nitrogen and oxygen atoms in total. The van der Waals surface area contributed by atoms with Gasteiger partial charge in [-0.15, -0.1) is 0 Å². The highest BCUT2D eigenvalue weighted by Gasteiger charge is 2.25. The van der Waals surface area contributed by atoms with E-state index in [-0.39, 0.29) is 0 Å². The van der Waals surface area contributed by atoms with E-state index >= 15 is 0 Å². The summed E-state index contributed by atoms with van der Waals surface area (Å²) in [6, 6.07) is 140. The lowest BCUT2D eigenvalue weighted by Crippen LogP contribution is -1.93. The van der Waals surface area contributed by atoms with E-state index in [1.807, 2.05) is 36.4 Å². The first-order valence-corrected chi connectivity index (χ1v) is 38.3. The lowest BCUT2D eigenvalue weighted by atomic mass is 9.83. The predicted molar refractivity (Wildman–Crippen MR) is 471 cm³/mol. The fourth-order valence-electron chi connectivity index (χ4n) is 18.3. The van der Waals surface area contributed by atoms with E-state index in [0.29, 0.717) is 0 Å². The van der Waals surface area contributed by atoms with E-state index in [1.54, 1.807) is 0 Å². The van der Waals surface area contributed by atoms with Crippen molar-refractivity contribution in [1.29, 1.82) is 0 Å². The van der Waals surface area contributed by atoms with Crippen LogP contribution in [-0.2, 0) is 0 Å². The van der Waals surface area contributed by atoms with Crippen molar-refractivity contribution < 1.29 is 17.7 Å². The molecule has 112 heavy (non-hydrogen) atoms. The Balaban J connectivity index is 0.000000134. The third-order valence-electron chi connectivity index (χ3n) is 23.3. The van der Waals surface area contributed by atoms with Gasteiger partial charge in [0.05, 0.1) is 0 Å². The summed E-state index contributed by atoms with van der Waals surface area (Å²) in [6.07, 6.45) is 0. The van der Waals surface area contributed by atoms with E-state index in [1.165, 1.54) is 131 Å². The molecule has 0 amide bonds. The first kappa shape index (κ1) is 63.3. The van der Waals surface area contributed by atoms with Crippen molar-refractivity contribution >= 4 is 152 Å². The monoisotopic (exact) mass is 1420 g/mol. The van der Waals surface area contributed by atoms with Gasteiger partial charge in [0.15, 0.2) is 0 Å². The molecule has 520 valence electrons. The highest BCUT2D eigenvalue weighted by Crippen LogP contribution is 2.52. The molecule has 0 N–H and O–H groups in total. The second-order valence-electron chi connectivity index (χ2n) is 29.5. The molecule has 20 aromatic carbocycles. The van der Waals surface area contributed by atoms with Crippen molar-refractivity contribution in [1.82, 2.24) is 0 Å². The number of hydrogen-bond donors (Lipinski definition) is 0. The van der Waals surface area contributed by atoms with E-state index in [9.17, 15) is 0 Å². The zero-order valence-electron chi connectivity index (χ0n) is 60.6. The number of para-hydroxylation sites is 4. The standard InChI is InChI=1S/2C54H32O2/c1-2-14-33(15-3-1)35-30-34-16-4-5-17-36(34)47(31-35)52-41-22-10-20-37(39-24-12-28-50-53(39)43-18-6-8-26-48(43)55-50)45(41)32-46-38(21-11-23-42(46)52)40-25-13-29-51-54(40)44-19-7-9-27-49(44)56-51;1-2-12-33(13-3-1)37-28-34-14-4-5-15-40(34)49(31-37)54-43-20-10-18-38(35-24-26-52-47(29-35)41-16-6-8-22-50(41)55-52)45(43)32-46-39(19-11-21-44(46)54)36-25-27-53-48(30-36)42-17-7-9-23-51(42)56-53/h2*1-32H. The maximum atomic E-state index is 6.43. The minimum absolute atomic E-state index is 0.891. The maximum absolute atomic E-state index is 6.43. The molecule has 4 heteroatoms. The van der Waals surface area contributed by atoms with Gasteiger partial charge in [0, 0.05) is 43.1 Å². The van der Waals surface area contributed by atoms with Crippen molar-refractivity contribution in [3.63, 3.8) is 0 Å². The van der Waals surface area contributed by atoms with Crippen LogP contribution in [0.15, 0.2) is 406 Å². The van der Waals surface area contributed by atoms with Crippen molar-refractivity contribution in [2.75, 3.05) is 0 Å². The molecule has 0 aliphatic carbocycles. The topological polar surface area (TPSA) is 52.6 Å². The van der Waals surface area contributed by atoms with Crippen LogP contribution in [0.3, 0.4) is 0 Å². The number of hydrogen-bond acceptors (Lipinski definition) is 4. The normalized spacial score (nSPS) is 11.9. The second-order valence-corrected chi connectivity index (χ2v) is 29.5. The van der Waals surface area contributed by atoms with E-state index < -0.39 is 0 Å². The summed E-state index contributed by atoms with van der Waals surface area (Å²) in [7, 11) is 0. The molecule has 0 aliphatic rings. The summed E-state index contributed by atoms with van der Waals surface area (Å²) in [5.74, 6) is 0. The first-order chi connectivity index (χ1) is 55.5. The Bertz CT molecular complexity index is 7660. The maximum Gasteiger partial charge on any atom is 0.136 e. The highest BCUT2D eigenvalue weighted by atomic mass is 16.3. The van der Waals surface area contributed by atoms with Gasteiger partial charge in [0.1, 0.15) is 44.7 Å². The molecule has 4 aromatic heterocycles. The van der Waals surface area contributed by atoms with E-state index in [2.05, 4.69) is 352 Å². The molecule has 0 aliphatic heterocycles. The number of benzene rings is 20. The van der Waals surface area contributed by atoms with Crippen LogP contribution in [0, 0.1) is 0 Å². The molecule has 4 heterocycles. The molecule has 0 saturated heterocycles. The number of furan rings is 4. The minimum Gasteiger partial charge on any atom is -0.456 e. The molecule has 0 unspecified atom stereocenters. The molecule has 0 atom stereocenters. The Hall–Kier alpha value is -14.8. The van der Waals surface area contributed by atoms with Gasteiger partial charge in [-0.2, -0.15) is 0 Å². The Kier molecular flexibility index (Phi) is 14.3. The Labute approximate surface area is 643 Å². The fourth-order valence-corrected chi connectivity index (χ4v) is 18.3. The number of rotatable bonds is 8. The molecule has 0 saturated carbocycles. The van der Waals surface area contributed by atoms with Crippen molar-refractivity contribution in [2.24, 2.45) is 0 Å². The van der Waals surface area contributed by atoms with Crippen molar-refractivity contribution in [2.45, 2.75) is 0 Å². The summed E-state index contributed by atoms with van der Waals surface area (Å²) < 4.78 is 25.4. The summed E-state index contributed by atoms with van der Waals surface area (Å²) >= 11 is 0. The zero-order valence-corrected chi connectivity index (χ0v) is 60.6. The average Bonchev–Trinajstić information content (AvgIpc) is 1.50. The summed E-state index contributed by atoms with van der Waals surface area (Å²) in [5, 5.41) is 23.6. The van der Waals surface area contributed by atoms with Gasteiger partial charge in [0.2, 0.25) is 0 Å². The smallest absolute Gasteiger partial charge is 0.136 e. The van der Waals surface area contributed by atoms with Crippen molar-refractivity contribution in [3.8, 4) is 89.0 Å². The van der Waals surface area contributed by atoms with E-state index in [0.717, 1.165) is 110 Å². The Morgan fingerprint density at radius 3 is 0.839 bits per heavy atom. The van der Waals surface area contributed by atoms with Crippen LogP contribution < -0.4 is 0 Å². The van der Waals surface area contributed by atoms with Gasteiger partial charge in [-0.3, -0.25) is 0 Å². The van der Waals surface area contributed by atoms with Crippen LogP contribution in [0.2, 0.25) is 0 Å². The Morgan fingerprint density at radius 2 is 0.420 bits per heavy atom. The largest absolute Gasteiger partial charge is 0.456 e. The van der Waals surface area contributed by atoms with Crippen LogP contribution in [0.1, 0.15) is 0 Å². The van der Waals surface area contributed by atoms with Gasteiger partial charge in [-0.25, -0.2) is 0 Å². The summed E-state index contributed by atoms with van der Waals surface area (Å²) in [4.78, 5) is 0. The van der Waals surface area contributed by atoms with E-state index in [4.69, 9.17) is 17.7 Å². The van der Waals surface area contributed by atoms with Gasteiger partial charge in [-0.05, 0) is 251 Å². The third-order valence-corrected chi connectivity index (χ3v) is 23.3. The first-order valence-electron chi connectivity index (χ1n) is 38.3. The fraction of sp³-hybridized carbons (Fsp3) is 0. The SMILES string of the molecule is c1ccc(-c2cc(-c3c4cccc(-c5ccc6oc7ccccc7c6c5)c4cc4c(-c5ccc6oc7ccccc7c6c5)cccc34)c3ccccc3c2)cc1.c1ccc(-c2cc(-c3c4cccc(-c5cccc6oc7ccccc7c56)c4cc4c(-c5cccc6oc7ccccc7c56)cccc34)c3ccccc3c2)cc1. The summed E-state index contributed by atoms with van der Waals surface area (Å²) in [6.45, 7) is 0. The molecular formula is C108H64O4. The summed E-state index contributed by atoms with van der Waals surface area (Å²) in [5.41, 5.74) is 26.2. The molecule has 0 spiro atoms. The molecular weight excluding hydrogens is 1360 g/mol. The van der Waals surface area contributed by atoms with Gasteiger partial charge in [0.25, 0.3) is 0 Å². The number of fused-ring (bicyclic) bond motifs is 18. The molecule has 24 rings (SSSR count). The third kappa shape index (κ3) is 10.1. The van der Waals surface area contributed by atoms with Crippen LogP contribution in [-0.4, -0.2) is 0 Å². The molecule has 0 bridgehead atoms. The van der Waals surface area contributed by atoms with Gasteiger partial charge >= 0.3 is 0 Å². The second kappa shape index (κ2) is 25.4. The van der Waals surface area contributed by atoms with Crippen LogP contribution in [0.4, 0.5) is 0 Å². The Morgan fingerprint density at radius 1 is 0.125 bits per heavy atom. The van der Waals surface area contributed by atoms with Crippen LogP contribution in [0.25, 0.3) is 241 Å².